The Labute approximate surface area is 119 Å². The first-order chi connectivity index (χ1) is 9.45. The van der Waals surface area contributed by atoms with Crippen molar-refractivity contribution in [2.24, 2.45) is 5.73 Å². The average Bonchev–Trinajstić information content (AvgIpc) is 2.46. The van der Waals surface area contributed by atoms with Crippen LogP contribution in [0.1, 0.15) is 24.9 Å². The summed E-state index contributed by atoms with van der Waals surface area (Å²) in [5.41, 5.74) is 6.72. The Morgan fingerprint density at radius 2 is 2.20 bits per heavy atom. The van der Waals surface area contributed by atoms with Gasteiger partial charge in [0.25, 0.3) is 0 Å². The molecule has 20 heavy (non-hydrogen) atoms. The molecule has 2 rings (SSSR count). The predicted molar refractivity (Wildman–Crippen MR) is 75.4 cm³/mol. The predicted octanol–water partition coefficient (Wildman–Crippen LogP) is 0.217. The summed E-state index contributed by atoms with van der Waals surface area (Å²) in [6, 6.07) is 6.44. The molecule has 0 bridgehead atoms. The SMILES string of the molecule is CCC(N)c1cccc(S(=O)(=O)N2CCNC(=O)C2)c1. The van der Waals surface area contributed by atoms with Crippen LogP contribution >= 0.6 is 0 Å². The van der Waals surface area contributed by atoms with Crippen molar-refractivity contribution in [3.63, 3.8) is 0 Å². The highest BCUT2D eigenvalue weighted by molar-refractivity contribution is 7.89. The van der Waals surface area contributed by atoms with E-state index in [1.165, 1.54) is 10.4 Å². The lowest BCUT2D eigenvalue weighted by atomic mass is 10.1. The smallest absolute Gasteiger partial charge is 0.243 e. The molecule has 0 spiro atoms. The topological polar surface area (TPSA) is 92.5 Å². The van der Waals surface area contributed by atoms with Crippen molar-refractivity contribution in [3.8, 4) is 0 Å². The molecule has 0 aromatic heterocycles. The number of nitrogens with zero attached hydrogens (tertiary/aromatic N) is 1. The minimum atomic E-state index is -3.64. The Morgan fingerprint density at radius 3 is 2.85 bits per heavy atom. The Bertz CT molecular complexity index is 601. The minimum Gasteiger partial charge on any atom is -0.354 e. The molecule has 1 aliphatic heterocycles. The number of benzene rings is 1. The summed E-state index contributed by atoms with van der Waals surface area (Å²) in [5, 5.41) is 2.61. The minimum absolute atomic E-state index is 0.133. The highest BCUT2D eigenvalue weighted by Gasteiger charge is 2.29. The number of nitrogens with one attached hydrogen (secondary N) is 1. The van der Waals surface area contributed by atoms with Gasteiger partial charge in [-0.3, -0.25) is 4.79 Å². The fourth-order valence-electron chi connectivity index (χ4n) is 2.11. The van der Waals surface area contributed by atoms with Gasteiger partial charge in [-0.1, -0.05) is 19.1 Å². The number of hydrogen-bond donors (Lipinski definition) is 2. The highest BCUT2D eigenvalue weighted by Crippen LogP contribution is 2.21. The summed E-state index contributed by atoms with van der Waals surface area (Å²) in [7, 11) is -3.64. The van der Waals surface area contributed by atoms with Crippen LogP contribution < -0.4 is 11.1 Å². The normalized spacial score (nSPS) is 18.6. The molecule has 1 heterocycles. The van der Waals surface area contributed by atoms with Gasteiger partial charge in [-0.05, 0) is 24.1 Å². The summed E-state index contributed by atoms with van der Waals surface area (Å²) < 4.78 is 26.2. The van der Waals surface area contributed by atoms with Crippen molar-refractivity contribution in [2.75, 3.05) is 19.6 Å². The van der Waals surface area contributed by atoms with Crippen LogP contribution in [0.5, 0.6) is 0 Å². The fourth-order valence-corrected chi connectivity index (χ4v) is 3.56. The van der Waals surface area contributed by atoms with Gasteiger partial charge in [0.15, 0.2) is 0 Å². The van der Waals surface area contributed by atoms with E-state index >= 15 is 0 Å². The molecule has 1 atom stereocenters. The first-order valence-corrected chi connectivity index (χ1v) is 8.01. The van der Waals surface area contributed by atoms with E-state index in [1.54, 1.807) is 12.1 Å². The number of rotatable bonds is 4. The number of carbonyl (C=O) groups is 1. The molecule has 1 aliphatic rings. The van der Waals surface area contributed by atoms with Crippen molar-refractivity contribution in [2.45, 2.75) is 24.3 Å². The number of nitrogens with two attached hydrogens (primary N) is 1. The molecular weight excluding hydrogens is 278 g/mol. The molecule has 7 heteroatoms. The molecule has 110 valence electrons. The van der Waals surface area contributed by atoms with Crippen molar-refractivity contribution in [3.05, 3.63) is 29.8 Å². The highest BCUT2D eigenvalue weighted by atomic mass is 32.2. The zero-order chi connectivity index (χ0) is 14.8. The van der Waals surface area contributed by atoms with Crippen LogP contribution in [0, 0.1) is 0 Å². The van der Waals surface area contributed by atoms with Crippen LogP contribution in [-0.2, 0) is 14.8 Å². The first kappa shape index (κ1) is 15.0. The third-order valence-electron chi connectivity index (χ3n) is 3.37. The van der Waals surface area contributed by atoms with E-state index in [0.717, 1.165) is 12.0 Å². The van der Waals surface area contributed by atoms with Crippen molar-refractivity contribution >= 4 is 15.9 Å². The molecule has 0 aliphatic carbocycles. The fraction of sp³-hybridized carbons (Fsp3) is 0.462. The maximum absolute atomic E-state index is 12.5. The van der Waals surface area contributed by atoms with Crippen molar-refractivity contribution in [1.29, 1.82) is 0 Å². The number of carbonyl (C=O) groups excluding carboxylic acids is 1. The lowest BCUT2D eigenvalue weighted by molar-refractivity contribution is -0.122. The van der Waals surface area contributed by atoms with Crippen LogP contribution in [0.3, 0.4) is 0 Å². The van der Waals surface area contributed by atoms with Crippen LogP contribution in [-0.4, -0.2) is 38.3 Å². The van der Waals surface area contributed by atoms with Crippen molar-refractivity contribution in [1.82, 2.24) is 9.62 Å². The Kier molecular flexibility index (Phi) is 4.42. The van der Waals surface area contributed by atoms with Crippen LogP contribution in [0.4, 0.5) is 0 Å². The summed E-state index contributed by atoms with van der Waals surface area (Å²) in [4.78, 5) is 11.5. The molecule has 1 amide bonds. The lowest BCUT2D eigenvalue weighted by Gasteiger charge is -2.26. The van der Waals surface area contributed by atoms with E-state index in [9.17, 15) is 13.2 Å². The quantitative estimate of drug-likeness (QED) is 0.831. The van der Waals surface area contributed by atoms with Crippen LogP contribution in [0.25, 0.3) is 0 Å². The van der Waals surface area contributed by atoms with Gasteiger partial charge in [0.05, 0.1) is 11.4 Å². The molecule has 0 saturated carbocycles. The summed E-state index contributed by atoms with van der Waals surface area (Å²) in [6.07, 6.45) is 0.732. The van der Waals surface area contributed by atoms with Gasteiger partial charge in [0.2, 0.25) is 15.9 Å². The molecule has 1 aromatic carbocycles. The Morgan fingerprint density at radius 1 is 1.45 bits per heavy atom. The molecular formula is C13H19N3O3S. The second kappa shape index (κ2) is 5.90. The second-order valence-corrected chi connectivity index (χ2v) is 6.71. The summed E-state index contributed by atoms with van der Waals surface area (Å²) >= 11 is 0. The van der Waals surface area contributed by atoms with E-state index in [0.29, 0.717) is 6.54 Å². The molecule has 1 aromatic rings. The largest absolute Gasteiger partial charge is 0.354 e. The lowest BCUT2D eigenvalue weighted by Crippen LogP contribution is -2.49. The third-order valence-corrected chi connectivity index (χ3v) is 5.21. The maximum Gasteiger partial charge on any atom is 0.243 e. The van der Waals surface area contributed by atoms with E-state index in [-0.39, 0.29) is 29.9 Å². The molecule has 1 fully saturated rings. The zero-order valence-electron chi connectivity index (χ0n) is 11.4. The standard InChI is InChI=1S/C13H19N3O3S/c1-2-12(14)10-4-3-5-11(8-10)20(18,19)16-7-6-15-13(17)9-16/h3-5,8,12H,2,6-7,9,14H2,1H3,(H,15,17). The van der Waals surface area contributed by atoms with E-state index in [1.807, 2.05) is 13.0 Å². The number of sulfonamides is 1. The molecule has 1 unspecified atom stereocenters. The van der Waals surface area contributed by atoms with E-state index in [4.69, 9.17) is 5.73 Å². The Hall–Kier alpha value is -1.44. The average molecular weight is 297 g/mol. The van der Waals surface area contributed by atoms with Gasteiger partial charge in [-0.25, -0.2) is 8.42 Å². The molecule has 1 saturated heterocycles. The van der Waals surface area contributed by atoms with Gasteiger partial charge >= 0.3 is 0 Å². The van der Waals surface area contributed by atoms with Crippen LogP contribution in [0.2, 0.25) is 0 Å². The van der Waals surface area contributed by atoms with Gasteiger partial charge in [-0.15, -0.1) is 0 Å². The Balaban J connectivity index is 2.31. The number of amides is 1. The zero-order valence-corrected chi connectivity index (χ0v) is 12.2. The van der Waals surface area contributed by atoms with Gasteiger partial charge in [-0.2, -0.15) is 4.31 Å². The van der Waals surface area contributed by atoms with Gasteiger partial charge in [0.1, 0.15) is 0 Å². The van der Waals surface area contributed by atoms with Gasteiger partial charge < -0.3 is 11.1 Å². The third kappa shape index (κ3) is 3.00. The molecule has 6 nitrogen and oxygen atoms in total. The second-order valence-electron chi connectivity index (χ2n) is 4.78. The number of piperazine rings is 1. The summed E-state index contributed by atoms with van der Waals surface area (Å²) in [5.74, 6) is -0.277. The van der Waals surface area contributed by atoms with Crippen LogP contribution in [0.15, 0.2) is 29.2 Å². The van der Waals surface area contributed by atoms with E-state index < -0.39 is 10.0 Å². The summed E-state index contributed by atoms with van der Waals surface area (Å²) in [6.45, 7) is 2.44. The first-order valence-electron chi connectivity index (χ1n) is 6.57. The maximum atomic E-state index is 12.5. The van der Waals surface area contributed by atoms with Gasteiger partial charge in [0, 0.05) is 19.1 Å². The van der Waals surface area contributed by atoms with E-state index in [2.05, 4.69) is 5.32 Å². The van der Waals surface area contributed by atoms with Crippen molar-refractivity contribution < 1.29 is 13.2 Å². The molecule has 3 N–H and O–H groups in total. The molecule has 0 radical (unpaired) electrons. The monoisotopic (exact) mass is 297 g/mol. The number of hydrogen-bond acceptors (Lipinski definition) is 4.